The van der Waals surface area contributed by atoms with E-state index in [0.717, 1.165) is 30.9 Å². The Kier molecular flexibility index (Phi) is 5.33. The first-order chi connectivity index (χ1) is 10.0. The van der Waals surface area contributed by atoms with Crippen molar-refractivity contribution in [1.82, 2.24) is 15.1 Å². The van der Waals surface area contributed by atoms with Crippen molar-refractivity contribution in [3.05, 3.63) is 47.3 Å². The van der Waals surface area contributed by atoms with E-state index in [1.165, 1.54) is 11.3 Å². The summed E-state index contributed by atoms with van der Waals surface area (Å²) in [5.74, 6) is 0. The second-order valence-corrected chi connectivity index (χ2v) is 5.66. The summed E-state index contributed by atoms with van der Waals surface area (Å²) in [6.07, 6.45) is 0.984. The van der Waals surface area contributed by atoms with Gasteiger partial charge in [0.1, 0.15) is 0 Å². The van der Waals surface area contributed by atoms with Crippen LogP contribution in [0.1, 0.15) is 23.4 Å². The Labute approximate surface area is 131 Å². The van der Waals surface area contributed by atoms with Crippen molar-refractivity contribution in [2.75, 3.05) is 11.9 Å². The molecule has 0 spiro atoms. The van der Waals surface area contributed by atoms with Crippen LogP contribution in [0.25, 0.3) is 0 Å². The molecule has 0 aliphatic rings. The molecule has 0 aliphatic carbocycles. The minimum absolute atomic E-state index is 0.661. The number of nitrogens with one attached hydrogen (secondary N) is 2. The smallest absolute Gasteiger partial charge is 0.170 e. The van der Waals surface area contributed by atoms with Gasteiger partial charge in [-0.2, -0.15) is 5.10 Å². The highest BCUT2D eigenvalue weighted by Gasteiger charge is 2.01. The number of hydrogen-bond acceptors (Lipinski definition) is 2. The van der Waals surface area contributed by atoms with Gasteiger partial charge in [0.2, 0.25) is 0 Å². The fraction of sp³-hybridized carbons (Fsp3) is 0.375. The predicted molar refractivity (Wildman–Crippen MR) is 91.7 cm³/mol. The molecule has 21 heavy (non-hydrogen) atoms. The Morgan fingerprint density at radius 1 is 1.24 bits per heavy atom. The van der Waals surface area contributed by atoms with Crippen molar-refractivity contribution >= 4 is 23.0 Å². The average Bonchev–Trinajstić information content (AvgIpc) is 2.73. The van der Waals surface area contributed by atoms with E-state index in [-0.39, 0.29) is 0 Å². The summed E-state index contributed by atoms with van der Waals surface area (Å²) < 4.78 is 2.04. The fourth-order valence-corrected chi connectivity index (χ4v) is 2.45. The molecule has 1 aromatic heterocycles. The lowest BCUT2D eigenvalue weighted by Crippen LogP contribution is -2.29. The van der Waals surface area contributed by atoms with Gasteiger partial charge >= 0.3 is 0 Å². The second-order valence-electron chi connectivity index (χ2n) is 5.25. The van der Waals surface area contributed by atoms with E-state index in [1.54, 1.807) is 0 Å². The van der Waals surface area contributed by atoms with Crippen molar-refractivity contribution in [2.45, 2.75) is 33.7 Å². The van der Waals surface area contributed by atoms with Gasteiger partial charge in [0, 0.05) is 24.5 Å². The third kappa shape index (κ3) is 4.86. The highest BCUT2D eigenvalue weighted by Crippen LogP contribution is 2.09. The molecule has 2 rings (SSSR count). The number of anilines is 1. The van der Waals surface area contributed by atoms with Crippen LogP contribution >= 0.6 is 12.2 Å². The lowest BCUT2D eigenvalue weighted by atomic mass is 10.2. The highest BCUT2D eigenvalue weighted by molar-refractivity contribution is 7.80. The van der Waals surface area contributed by atoms with Crippen molar-refractivity contribution in [3.63, 3.8) is 0 Å². The maximum absolute atomic E-state index is 5.29. The molecule has 5 heteroatoms. The molecule has 0 saturated carbocycles. The first kappa shape index (κ1) is 15.5. The lowest BCUT2D eigenvalue weighted by molar-refractivity contribution is 0.558. The van der Waals surface area contributed by atoms with Gasteiger partial charge in [0.15, 0.2) is 5.11 Å². The average molecular weight is 302 g/mol. The SMILES string of the molecule is Cc1cccc(NC(=S)NCCCn2nc(C)cc2C)c1. The van der Waals surface area contributed by atoms with E-state index in [4.69, 9.17) is 12.2 Å². The third-order valence-electron chi connectivity index (χ3n) is 3.21. The van der Waals surface area contributed by atoms with Crippen LogP contribution in [0.4, 0.5) is 5.69 Å². The molecule has 0 saturated heterocycles. The molecular weight excluding hydrogens is 280 g/mol. The maximum atomic E-state index is 5.29. The molecule has 0 unspecified atom stereocenters. The normalized spacial score (nSPS) is 10.4. The van der Waals surface area contributed by atoms with E-state index >= 15 is 0 Å². The Morgan fingerprint density at radius 2 is 2.05 bits per heavy atom. The van der Waals surface area contributed by atoms with Crippen molar-refractivity contribution in [3.8, 4) is 0 Å². The molecule has 0 bridgehead atoms. The summed E-state index contributed by atoms with van der Waals surface area (Å²) >= 11 is 5.29. The Bertz CT molecular complexity index is 618. The second kappa shape index (κ2) is 7.22. The van der Waals surface area contributed by atoms with Gasteiger partial charge in [0.25, 0.3) is 0 Å². The summed E-state index contributed by atoms with van der Waals surface area (Å²) in [7, 11) is 0. The number of aryl methyl sites for hydroxylation is 4. The number of thiocarbonyl (C=S) groups is 1. The number of nitrogens with zero attached hydrogens (tertiary/aromatic N) is 2. The third-order valence-corrected chi connectivity index (χ3v) is 3.46. The molecule has 4 nitrogen and oxygen atoms in total. The van der Waals surface area contributed by atoms with Crippen molar-refractivity contribution in [2.24, 2.45) is 0 Å². The van der Waals surface area contributed by atoms with Gasteiger partial charge in [0.05, 0.1) is 5.69 Å². The van der Waals surface area contributed by atoms with Crippen molar-refractivity contribution in [1.29, 1.82) is 0 Å². The quantitative estimate of drug-likeness (QED) is 0.657. The minimum Gasteiger partial charge on any atom is -0.362 e. The van der Waals surface area contributed by atoms with Crippen LogP contribution in [0, 0.1) is 20.8 Å². The van der Waals surface area contributed by atoms with Gasteiger partial charge in [-0.15, -0.1) is 0 Å². The Morgan fingerprint density at radius 3 is 2.71 bits per heavy atom. The zero-order chi connectivity index (χ0) is 15.2. The van der Waals surface area contributed by atoms with E-state index in [0.29, 0.717) is 5.11 Å². The van der Waals surface area contributed by atoms with Crippen LogP contribution in [0.5, 0.6) is 0 Å². The van der Waals surface area contributed by atoms with Crippen LogP contribution in [-0.4, -0.2) is 21.4 Å². The molecule has 2 N–H and O–H groups in total. The number of rotatable bonds is 5. The Balaban J connectivity index is 1.71. The van der Waals surface area contributed by atoms with Gasteiger partial charge in [-0.1, -0.05) is 12.1 Å². The number of aromatic nitrogens is 2. The molecule has 1 aromatic carbocycles. The van der Waals surface area contributed by atoms with E-state index in [2.05, 4.69) is 47.8 Å². The van der Waals surface area contributed by atoms with Crippen molar-refractivity contribution < 1.29 is 0 Å². The van der Waals surface area contributed by atoms with Gasteiger partial charge in [-0.25, -0.2) is 0 Å². The monoisotopic (exact) mass is 302 g/mol. The molecule has 0 radical (unpaired) electrons. The van der Waals surface area contributed by atoms with Gasteiger partial charge < -0.3 is 10.6 Å². The van der Waals surface area contributed by atoms with Crippen LogP contribution < -0.4 is 10.6 Å². The maximum Gasteiger partial charge on any atom is 0.170 e. The molecule has 2 aromatic rings. The van der Waals surface area contributed by atoms with Gasteiger partial charge in [-0.3, -0.25) is 4.68 Å². The summed E-state index contributed by atoms with van der Waals surface area (Å²) in [5.41, 5.74) is 4.50. The zero-order valence-corrected chi connectivity index (χ0v) is 13.6. The summed E-state index contributed by atoms with van der Waals surface area (Å²) in [5, 5.41) is 11.5. The fourth-order valence-electron chi connectivity index (χ4n) is 2.23. The lowest BCUT2D eigenvalue weighted by Gasteiger charge is -2.11. The van der Waals surface area contributed by atoms with E-state index in [9.17, 15) is 0 Å². The van der Waals surface area contributed by atoms with Crippen LogP contribution in [0.15, 0.2) is 30.3 Å². The number of hydrogen-bond donors (Lipinski definition) is 2. The van der Waals surface area contributed by atoms with Crippen LogP contribution in [0.2, 0.25) is 0 Å². The minimum atomic E-state index is 0.661. The number of benzene rings is 1. The predicted octanol–water partition coefficient (Wildman–Crippen LogP) is 3.19. The highest BCUT2D eigenvalue weighted by atomic mass is 32.1. The molecule has 0 amide bonds. The molecule has 112 valence electrons. The molecule has 0 atom stereocenters. The van der Waals surface area contributed by atoms with Crippen LogP contribution in [-0.2, 0) is 6.54 Å². The van der Waals surface area contributed by atoms with Crippen LogP contribution in [0.3, 0.4) is 0 Å². The standard InChI is InChI=1S/C16H22N4S/c1-12-6-4-7-15(10-12)18-16(21)17-8-5-9-20-14(3)11-13(2)19-20/h4,6-7,10-11H,5,8-9H2,1-3H3,(H2,17,18,21). The summed E-state index contributed by atoms with van der Waals surface area (Å²) in [6.45, 7) is 7.89. The summed E-state index contributed by atoms with van der Waals surface area (Å²) in [4.78, 5) is 0. The zero-order valence-electron chi connectivity index (χ0n) is 12.8. The largest absolute Gasteiger partial charge is 0.362 e. The van der Waals surface area contributed by atoms with Gasteiger partial charge in [-0.05, 0) is 63.2 Å². The van der Waals surface area contributed by atoms with E-state index in [1.807, 2.05) is 23.7 Å². The molecule has 0 fully saturated rings. The molecule has 1 heterocycles. The molecule has 0 aliphatic heterocycles. The topological polar surface area (TPSA) is 41.9 Å². The first-order valence-electron chi connectivity index (χ1n) is 7.17. The summed E-state index contributed by atoms with van der Waals surface area (Å²) in [6, 6.07) is 10.3. The molecular formula is C16H22N4S. The first-order valence-corrected chi connectivity index (χ1v) is 7.58. The van der Waals surface area contributed by atoms with E-state index < -0.39 is 0 Å². The Hall–Kier alpha value is -1.88.